The van der Waals surface area contributed by atoms with Crippen molar-refractivity contribution in [3.8, 4) is 0 Å². The molecule has 1 aromatic heterocycles. The zero-order valence-electron chi connectivity index (χ0n) is 8.36. The van der Waals surface area contributed by atoms with E-state index in [0.717, 1.165) is 10.6 Å². The van der Waals surface area contributed by atoms with E-state index in [2.05, 4.69) is 9.71 Å². The molecule has 0 saturated carbocycles. The Kier molecular flexibility index (Phi) is 4.98. The smallest absolute Gasteiger partial charge is 0.211 e. The third-order valence-electron chi connectivity index (χ3n) is 1.84. The molecule has 0 aliphatic heterocycles. The number of nitrogens with zero attached hydrogens (tertiary/aromatic N) is 1. The van der Waals surface area contributed by atoms with Crippen LogP contribution >= 0.6 is 22.9 Å². The van der Waals surface area contributed by atoms with Gasteiger partial charge in [-0.05, 0) is 13.3 Å². The molecular weight excluding hydrogens is 256 g/mol. The highest BCUT2D eigenvalue weighted by molar-refractivity contribution is 7.89. The predicted octanol–water partition coefficient (Wildman–Crippen LogP) is 1.50. The van der Waals surface area contributed by atoms with Crippen molar-refractivity contribution in [1.29, 1.82) is 0 Å². The van der Waals surface area contributed by atoms with Crippen LogP contribution in [0.1, 0.15) is 17.0 Å². The van der Waals surface area contributed by atoms with Gasteiger partial charge in [0.05, 0.1) is 17.0 Å². The van der Waals surface area contributed by atoms with Crippen LogP contribution in [0.5, 0.6) is 0 Å². The van der Waals surface area contributed by atoms with Crippen molar-refractivity contribution in [2.45, 2.75) is 19.9 Å². The Morgan fingerprint density at radius 2 is 2.33 bits per heavy atom. The molecule has 0 unspecified atom stereocenters. The van der Waals surface area contributed by atoms with E-state index in [1.54, 1.807) is 5.51 Å². The zero-order chi connectivity index (χ0) is 11.3. The van der Waals surface area contributed by atoms with Crippen molar-refractivity contribution >= 4 is 33.0 Å². The van der Waals surface area contributed by atoms with Crippen LogP contribution in [0, 0.1) is 6.92 Å². The molecule has 1 N–H and O–H groups in total. The fourth-order valence-electron chi connectivity index (χ4n) is 0.988. The second-order valence-electron chi connectivity index (χ2n) is 3.04. The molecule has 0 aliphatic carbocycles. The average Bonchev–Trinajstić information content (AvgIpc) is 2.58. The minimum absolute atomic E-state index is 0.0777. The summed E-state index contributed by atoms with van der Waals surface area (Å²) >= 11 is 6.88. The van der Waals surface area contributed by atoms with E-state index < -0.39 is 10.0 Å². The number of hydrogen-bond acceptors (Lipinski definition) is 4. The molecule has 0 bridgehead atoms. The number of nitrogens with one attached hydrogen (secondary N) is 1. The number of hydrogen-bond donors (Lipinski definition) is 1. The van der Waals surface area contributed by atoms with E-state index in [-0.39, 0.29) is 5.75 Å². The van der Waals surface area contributed by atoms with Gasteiger partial charge in [0.1, 0.15) is 0 Å². The molecule has 0 atom stereocenters. The Balaban J connectivity index is 2.46. The first-order valence-corrected chi connectivity index (χ1v) is 7.54. The molecule has 0 amide bonds. The molecule has 7 heteroatoms. The Morgan fingerprint density at radius 3 is 2.87 bits per heavy atom. The summed E-state index contributed by atoms with van der Waals surface area (Å²) in [6.45, 7) is 2.18. The average molecular weight is 269 g/mol. The number of halogens is 1. The van der Waals surface area contributed by atoms with Crippen LogP contribution in [0.15, 0.2) is 5.51 Å². The van der Waals surface area contributed by atoms with Gasteiger partial charge in [-0.3, -0.25) is 0 Å². The third-order valence-corrected chi connectivity index (χ3v) is 4.46. The summed E-state index contributed by atoms with van der Waals surface area (Å²) < 4.78 is 25.3. The number of sulfonamides is 1. The molecule has 86 valence electrons. The monoisotopic (exact) mass is 268 g/mol. The Bertz CT molecular complexity index is 403. The molecule has 1 aromatic rings. The van der Waals surface area contributed by atoms with Gasteiger partial charge in [-0.1, -0.05) is 0 Å². The van der Waals surface area contributed by atoms with Gasteiger partial charge >= 0.3 is 0 Å². The molecule has 0 fully saturated rings. The molecule has 0 saturated heterocycles. The van der Waals surface area contributed by atoms with Gasteiger partial charge in [0, 0.05) is 17.3 Å². The Morgan fingerprint density at radius 1 is 1.60 bits per heavy atom. The first-order valence-electron chi connectivity index (χ1n) is 4.47. The van der Waals surface area contributed by atoms with Gasteiger partial charge < -0.3 is 0 Å². The summed E-state index contributed by atoms with van der Waals surface area (Å²) in [5.41, 5.74) is 2.58. The lowest BCUT2D eigenvalue weighted by Gasteiger charge is -2.04. The molecule has 1 rings (SSSR count). The highest BCUT2D eigenvalue weighted by Crippen LogP contribution is 2.11. The van der Waals surface area contributed by atoms with E-state index >= 15 is 0 Å². The number of aromatic nitrogens is 1. The molecule has 0 spiro atoms. The topological polar surface area (TPSA) is 59.1 Å². The summed E-state index contributed by atoms with van der Waals surface area (Å²) in [7, 11) is -3.19. The maximum atomic E-state index is 11.4. The van der Waals surface area contributed by atoms with Crippen LogP contribution < -0.4 is 4.72 Å². The third kappa shape index (κ3) is 4.46. The van der Waals surface area contributed by atoms with Crippen LogP contribution in [-0.2, 0) is 16.6 Å². The molecule has 0 aromatic carbocycles. The zero-order valence-corrected chi connectivity index (χ0v) is 10.8. The van der Waals surface area contributed by atoms with E-state index in [1.165, 1.54) is 11.3 Å². The highest BCUT2D eigenvalue weighted by Gasteiger charge is 2.10. The van der Waals surface area contributed by atoms with Crippen LogP contribution in [-0.4, -0.2) is 25.0 Å². The maximum absolute atomic E-state index is 11.4. The van der Waals surface area contributed by atoms with Crippen molar-refractivity contribution in [3.63, 3.8) is 0 Å². The van der Waals surface area contributed by atoms with Crippen molar-refractivity contribution < 1.29 is 8.42 Å². The van der Waals surface area contributed by atoms with Gasteiger partial charge in [0.25, 0.3) is 0 Å². The summed E-state index contributed by atoms with van der Waals surface area (Å²) in [5, 5.41) is 0. The largest absolute Gasteiger partial charge is 0.250 e. The van der Waals surface area contributed by atoms with E-state index in [1.807, 2.05) is 6.92 Å². The van der Waals surface area contributed by atoms with Gasteiger partial charge in [-0.2, -0.15) is 0 Å². The Labute approximate surface area is 98.7 Å². The summed E-state index contributed by atoms with van der Waals surface area (Å²) in [6, 6.07) is 0. The second-order valence-corrected chi connectivity index (χ2v) is 6.29. The first kappa shape index (κ1) is 12.9. The van der Waals surface area contributed by atoms with Crippen LogP contribution in [0.25, 0.3) is 0 Å². The fraction of sp³-hybridized carbons (Fsp3) is 0.625. The lowest BCUT2D eigenvalue weighted by Crippen LogP contribution is -2.26. The minimum Gasteiger partial charge on any atom is -0.250 e. The number of thiazole rings is 1. The Hall–Kier alpha value is -0.170. The van der Waals surface area contributed by atoms with Crippen molar-refractivity contribution in [2.75, 3.05) is 11.6 Å². The SMILES string of the molecule is Cc1ncsc1CNS(=O)(=O)CCCCl. The maximum Gasteiger partial charge on any atom is 0.211 e. The molecule has 0 aliphatic rings. The number of rotatable bonds is 6. The van der Waals surface area contributed by atoms with Gasteiger partial charge in [-0.25, -0.2) is 18.1 Å². The summed E-state index contributed by atoms with van der Waals surface area (Å²) in [4.78, 5) is 4.99. The quantitative estimate of drug-likeness (QED) is 0.796. The van der Waals surface area contributed by atoms with Gasteiger partial charge in [-0.15, -0.1) is 22.9 Å². The lowest BCUT2D eigenvalue weighted by atomic mass is 10.4. The first-order chi connectivity index (χ1) is 7.05. The number of alkyl halides is 1. The van der Waals surface area contributed by atoms with Crippen molar-refractivity contribution in [1.82, 2.24) is 9.71 Å². The fourth-order valence-corrected chi connectivity index (χ4v) is 3.12. The lowest BCUT2D eigenvalue weighted by molar-refractivity contribution is 0.580. The molecule has 15 heavy (non-hydrogen) atoms. The number of aryl methyl sites for hydroxylation is 1. The highest BCUT2D eigenvalue weighted by atomic mass is 35.5. The van der Waals surface area contributed by atoms with Gasteiger partial charge in [0.15, 0.2) is 0 Å². The standard InChI is InChI=1S/C8H13ClN2O2S2/c1-7-8(14-6-10-7)5-11-15(12,13)4-2-3-9/h6,11H,2-5H2,1H3. The minimum atomic E-state index is -3.19. The van der Waals surface area contributed by atoms with E-state index in [0.29, 0.717) is 18.8 Å². The van der Waals surface area contributed by atoms with Crippen LogP contribution in [0.4, 0.5) is 0 Å². The molecule has 4 nitrogen and oxygen atoms in total. The van der Waals surface area contributed by atoms with E-state index in [4.69, 9.17) is 11.6 Å². The summed E-state index contributed by atoms with van der Waals surface area (Å²) in [5.74, 6) is 0.439. The molecular formula is C8H13ClN2O2S2. The van der Waals surface area contributed by atoms with Crippen LogP contribution in [0.2, 0.25) is 0 Å². The predicted molar refractivity (Wildman–Crippen MR) is 62.8 cm³/mol. The van der Waals surface area contributed by atoms with Crippen LogP contribution in [0.3, 0.4) is 0 Å². The molecule has 0 radical (unpaired) electrons. The van der Waals surface area contributed by atoms with Crippen molar-refractivity contribution in [2.24, 2.45) is 0 Å². The van der Waals surface area contributed by atoms with Crippen molar-refractivity contribution in [3.05, 3.63) is 16.1 Å². The van der Waals surface area contributed by atoms with Gasteiger partial charge in [0.2, 0.25) is 10.0 Å². The molecule has 1 heterocycles. The second kappa shape index (κ2) is 5.79. The normalized spacial score (nSPS) is 11.9. The van der Waals surface area contributed by atoms with E-state index in [9.17, 15) is 8.42 Å². The summed E-state index contributed by atoms with van der Waals surface area (Å²) in [6.07, 6.45) is 0.471.